The van der Waals surface area contributed by atoms with Crippen LogP contribution in [0.4, 0.5) is 0 Å². The molecule has 4 bridgehead atoms. The first kappa shape index (κ1) is 8.64. The predicted molar refractivity (Wildman–Crippen MR) is 59.1 cm³/mol. The lowest BCUT2D eigenvalue weighted by molar-refractivity contribution is 0.133. The third-order valence-electron chi connectivity index (χ3n) is 5.21. The van der Waals surface area contributed by atoms with E-state index in [0.717, 1.165) is 11.8 Å². The Bertz CT molecular complexity index is 248. The van der Waals surface area contributed by atoms with E-state index < -0.39 is 0 Å². The largest absolute Gasteiger partial charge is 0.176 e. The van der Waals surface area contributed by atoms with Crippen molar-refractivity contribution >= 4 is 12.6 Å². The van der Waals surface area contributed by atoms with Gasteiger partial charge in [-0.05, 0) is 54.8 Å². The minimum absolute atomic E-state index is 0.629. The first-order valence-corrected chi connectivity index (χ1v) is 6.24. The van der Waals surface area contributed by atoms with Crippen LogP contribution in [-0.4, -0.2) is 5.25 Å². The molecule has 13 heavy (non-hydrogen) atoms. The standard InChI is InChI=1S/C12H20S/c1-8(13)12-5-9-3-10(12)6-11(2,4-9)7-12/h8-10,13H,3-7H2,1-2H3. The molecule has 4 aliphatic carbocycles. The average Bonchev–Trinajstić information content (AvgIpc) is 2.33. The highest BCUT2D eigenvalue weighted by molar-refractivity contribution is 7.81. The highest BCUT2D eigenvalue weighted by Gasteiger charge is 2.63. The van der Waals surface area contributed by atoms with Crippen LogP contribution >= 0.6 is 12.6 Å². The third-order valence-corrected chi connectivity index (χ3v) is 5.72. The van der Waals surface area contributed by atoms with Crippen LogP contribution in [0.3, 0.4) is 0 Å². The number of hydrogen-bond acceptors (Lipinski definition) is 1. The molecule has 5 atom stereocenters. The highest BCUT2D eigenvalue weighted by Crippen LogP contribution is 2.71. The molecule has 4 saturated carbocycles. The van der Waals surface area contributed by atoms with Gasteiger partial charge in [0, 0.05) is 5.25 Å². The van der Waals surface area contributed by atoms with Gasteiger partial charge in [0.25, 0.3) is 0 Å². The Kier molecular flexibility index (Phi) is 1.52. The van der Waals surface area contributed by atoms with Gasteiger partial charge in [0.05, 0.1) is 0 Å². The molecule has 0 amide bonds. The zero-order valence-corrected chi connectivity index (χ0v) is 9.61. The van der Waals surface area contributed by atoms with Crippen LogP contribution in [0.15, 0.2) is 0 Å². The van der Waals surface area contributed by atoms with E-state index in [1.807, 2.05) is 0 Å². The van der Waals surface area contributed by atoms with Gasteiger partial charge in [-0.1, -0.05) is 13.8 Å². The summed E-state index contributed by atoms with van der Waals surface area (Å²) in [5.74, 6) is 2.09. The van der Waals surface area contributed by atoms with Gasteiger partial charge in [-0.2, -0.15) is 12.6 Å². The minimum atomic E-state index is 0.629. The minimum Gasteiger partial charge on any atom is -0.176 e. The fourth-order valence-corrected chi connectivity index (χ4v) is 5.46. The van der Waals surface area contributed by atoms with Gasteiger partial charge in [0.15, 0.2) is 0 Å². The predicted octanol–water partition coefficient (Wildman–Crippen LogP) is 3.52. The van der Waals surface area contributed by atoms with Crippen molar-refractivity contribution in [2.24, 2.45) is 22.7 Å². The van der Waals surface area contributed by atoms with E-state index in [0.29, 0.717) is 16.1 Å². The average molecular weight is 196 g/mol. The second kappa shape index (κ2) is 2.29. The van der Waals surface area contributed by atoms with Gasteiger partial charge in [0.2, 0.25) is 0 Å². The molecule has 0 saturated heterocycles. The summed E-state index contributed by atoms with van der Waals surface area (Å²) in [6.45, 7) is 4.85. The third kappa shape index (κ3) is 0.948. The number of hydrogen-bond donors (Lipinski definition) is 1. The van der Waals surface area contributed by atoms with Crippen molar-refractivity contribution in [3.8, 4) is 0 Å². The Labute approximate surface area is 86.9 Å². The van der Waals surface area contributed by atoms with Crippen molar-refractivity contribution in [1.82, 2.24) is 0 Å². The smallest absolute Gasteiger partial charge is 0.00479 e. The van der Waals surface area contributed by atoms with E-state index in [-0.39, 0.29) is 0 Å². The van der Waals surface area contributed by atoms with Crippen molar-refractivity contribution in [2.75, 3.05) is 0 Å². The normalized spacial score (nSPS) is 60.2. The van der Waals surface area contributed by atoms with Crippen molar-refractivity contribution in [3.63, 3.8) is 0 Å². The quantitative estimate of drug-likeness (QED) is 0.610. The van der Waals surface area contributed by atoms with Gasteiger partial charge in [-0.3, -0.25) is 0 Å². The molecule has 0 N–H and O–H groups in total. The molecule has 0 spiro atoms. The Morgan fingerprint density at radius 2 is 2.08 bits per heavy atom. The van der Waals surface area contributed by atoms with Gasteiger partial charge in [-0.15, -0.1) is 0 Å². The summed E-state index contributed by atoms with van der Waals surface area (Å²) in [5.41, 5.74) is 1.36. The molecule has 0 aromatic rings. The van der Waals surface area contributed by atoms with Crippen molar-refractivity contribution in [2.45, 2.75) is 51.2 Å². The highest BCUT2D eigenvalue weighted by atomic mass is 32.1. The second-order valence-electron chi connectivity index (χ2n) is 6.31. The summed E-state index contributed by atoms with van der Waals surface area (Å²) >= 11 is 4.76. The fraction of sp³-hybridized carbons (Fsp3) is 1.00. The van der Waals surface area contributed by atoms with Crippen LogP contribution in [0, 0.1) is 22.7 Å². The van der Waals surface area contributed by atoms with E-state index >= 15 is 0 Å². The molecule has 0 aliphatic heterocycles. The van der Waals surface area contributed by atoms with E-state index in [4.69, 9.17) is 12.6 Å². The Hall–Kier alpha value is 0.350. The first-order chi connectivity index (χ1) is 6.04. The summed E-state index contributed by atoms with van der Waals surface area (Å²) in [4.78, 5) is 0. The molecule has 0 heterocycles. The van der Waals surface area contributed by atoms with Crippen LogP contribution in [0.5, 0.6) is 0 Å². The molecule has 0 radical (unpaired) electrons. The lowest BCUT2D eigenvalue weighted by atomic mass is 9.67. The Morgan fingerprint density at radius 1 is 1.31 bits per heavy atom. The van der Waals surface area contributed by atoms with Crippen LogP contribution < -0.4 is 0 Å². The molecule has 4 aliphatic rings. The molecular weight excluding hydrogens is 176 g/mol. The summed E-state index contributed by atoms with van der Waals surface area (Å²) in [5, 5.41) is 0.629. The zero-order valence-electron chi connectivity index (χ0n) is 8.71. The van der Waals surface area contributed by atoms with E-state index in [1.54, 1.807) is 0 Å². The van der Waals surface area contributed by atoms with Crippen LogP contribution in [0.25, 0.3) is 0 Å². The monoisotopic (exact) mass is 196 g/mol. The molecule has 0 nitrogen and oxygen atoms in total. The van der Waals surface area contributed by atoms with Crippen LogP contribution in [0.2, 0.25) is 0 Å². The molecule has 0 aromatic heterocycles. The first-order valence-electron chi connectivity index (χ1n) is 5.72. The molecule has 4 fully saturated rings. The zero-order chi connectivity index (χ0) is 9.27. The summed E-state index contributed by atoms with van der Waals surface area (Å²) in [6, 6.07) is 0. The van der Waals surface area contributed by atoms with Crippen molar-refractivity contribution in [1.29, 1.82) is 0 Å². The molecular formula is C12H20S. The Morgan fingerprint density at radius 3 is 2.62 bits per heavy atom. The van der Waals surface area contributed by atoms with Gasteiger partial charge >= 0.3 is 0 Å². The van der Waals surface area contributed by atoms with Crippen LogP contribution in [-0.2, 0) is 0 Å². The maximum absolute atomic E-state index is 4.76. The van der Waals surface area contributed by atoms with E-state index in [2.05, 4.69) is 13.8 Å². The fourth-order valence-electron chi connectivity index (χ4n) is 5.06. The summed E-state index contributed by atoms with van der Waals surface area (Å²) in [7, 11) is 0. The van der Waals surface area contributed by atoms with Crippen molar-refractivity contribution in [3.05, 3.63) is 0 Å². The van der Waals surface area contributed by atoms with Gasteiger partial charge < -0.3 is 0 Å². The topological polar surface area (TPSA) is 0 Å². The molecule has 1 heteroatoms. The van der Waals surface area contributed by atoms with Crippen molar-refractivity contribution < 1.29 is 0 Å². The van der Waals surface area contributed by atoms with Gasteiger partial charge in [-0.25, -0.2) is 0 Å². The molecule has 5 unspecified atom stereocenters. The molecule has 0 aromatic carbocycles. The maximum atomic E-state index is 4.76. The summed E-state index contributed by atoms with van der Waals surface area (Å²) in [6.07, 6.45) is 7.53. The molecule has 74 valence electrons. The maximum Gasteiger partial charge on any atom is 0.00479 e. The number of thiol groups is 1. The van der Waals surface area contributed by atoms with E-state index in [1.165, 1.54) is 32.1 Å². The lowest BCUT2D eigenvalue weighted by Gasteiger charge is -2.40. The van der Waals surface area contributed by atoms with Crippen LogP contribution in [0.1, 0.15) is 46.0 Å². The SMILES string of the molecule is CC(S)C12CC3CC1CC(C)(C3)C2. The lowest BCUT2D eigenvalue weighted by Crippen LogP contribution is -2.33. The summed E-state index contributed by atoms with van der Waals surface area (Å²) < 4.78 is 0. The molecule has 4 rings (SSSR count). The Balaban J connectivity index is 2.01. The number of rotatable bonds is 1. The second-order valence-corrected chi connectivity index (χ2v) is 7.08. The van der Waals surface area contributed by atoms with E-state index in [9.17, 15) is 0 Å². The van der Waals surface area contributed by atoms with Gasteiger partial charge in [0.1, 0.15) is 0 Å².